The third-order valence-electron chi connectivity index (χ3n) is 3.07. The van der Waals surface area contributed by atoms with Gasteiger partial charge in [-0.1, -0.05) is 30.3 Å². The van der Waals surface area contributed by atoms with Crippen LogP contribution >= 0.6 is 0 Å². The fourth-order valence-electron chi connectivity index (χ4n) is 2.05. The van der Waals surface area contributed by atoms with E-state index in [1.165, 1.54) is 18.4 Å². The van der Waals surface area contributed by atoms with Crippen LogP contribution in [-0.2, 0) is 15.9 Å². The summed E-state index contributed by atoms with van der Waals surface area (Å²) < 4.78 is 11.7. The molecule has 1 unspecified atom stereocenters. The standard InChI is InChI=1S/C13H20O2Si/c16-13(9-4-5-10-14-13)15-11-8-12-6-2-1-3-7-12/h1-3,6-7H,4-5,8-11H2,16H3. The molecule has 88 valence electrons. The Bertz CT molecular complexity index is 307. The molecule has 1 aliphatic rings. The Kier molecular flexibility index (Phi) is 4.15. The zero-order valence-electron chi connectivity index (χ0n) is 9.95. The Morgan fingerprint density at radius 1 is 1.25 bits per heavy atom. The lowest BCUT2D eigenvalue weighted by Gasteiger charge is -2.34. The van der Waals surface area contributed by atoms with Crippen molar-refractivity contribution in [1.82, 2.24) is 0 Å². The average molecular weight is 236 g/mol. The first kappa shape index (κ1) is 11.8. The summed E-state index contributed by atoms with van der Waals surface area (Å²) in [6.07, 6.45) is 4.49. The van der Waals surface area contributed by atoms with Crippen LogP contribution in [0.15, 0.2) is 30.3 Å². The Labute approximate surface area is 100 Å². The van der Waals surface area contributed by atoms with Crippen molar-refractivity contribution in [2.24, 2.45) is 0 Å². The van der Waals surface area contributed by atoms with Crippen molar-refractivity contribution in [3.05, 3.63) is 35.9 Å². The van der Waals surface area contributed by atoms with E-state index in [1.54, 1.807) is 0 Å². The van der Waals surface area contributed by atoms with Crippen molar-refractivity contribution in [1.29, 1.82) is 0 Å². The summed E-state index contributed by atoms with van der Waals surface area (Å²) >= 11 is 0. The molecule has 0 spiro atoms. The molecule has 3 heteroatoms. The van der Waals surface area contributed by atoms with Crippen LogP contribution in [0.3, 0.4) is 0 Å². The molecule has 1 aromatic carbocycles. The highest BCUT2D eigenvalue weighted by Crippen LogP contribution is 2.22. The van der Waals surface area contributed by atoms with Crippen LogP contribution in [-0.4, -0.2) is 28.9 Å². The molecule has 1 fully saturated rings. The van der Waals surface area contributed by atoms with Crippen LogP contribution in [0, 0.1) is 0 Å². The molecule has 2 nitrogen and oxygen atoms in total. The SMILES string of the molecule is [SiH3]C1(OCCc2ccccc2)CCCCO1. The van der Waals surface area contributed by atoms with Gasteiger partial charge in [0.25, 0.3) is 0 Å². The van der Waals surface area contributed by atoms with Gasteiger partial charge in [-0.3, -0.25) is 0 Å². The monoisotopic (exact) mass is 236 g/mol. The molecule has 1 heterocycles. The van der Waals surface area contributed by atoms with Crippen molar-refractivity contribution in [3.63, 3.8) is 0 Å². The Morgan fingerprint density at radius 3 is 2.75 bits per heavy atom. The second-order valence-corrected chi connectivity index (χ2v) is 6.05. The van der Waals surface area contributed by atoms with E-state index in [0.717, 1.165) is 36.3 Å². The second kappa shape index (κ2) is 5.62. The lowest BCUT2D eigenvalue weighted by molar-refractivity contribution is -0.197. The third-order valence-corrected chi connectivity index (χ3v) is 4.15. The lowest BCUT2D eigenvalue weighted by atomic mass is 10.1. The molecule has 1 saturated heterocycles. The van der Waals surface area contributed by atoms with Crippen molar-refractivity contribution in [2.75, 3.05) is 13.2 Å². The second-order valence-electron chi connectivity index (χ2n) is 4.52. The summed E-state index contributed by atoms with van der Waals surface area (Å²) in [5.74, 6) is 0. The van der Waals surface area contributed by atoms with E-state index in [1.807, 2.05) is 6.07 Å². The maximum absolute atomic E-state index is 5.91. The molecule has 0 amide bonds. The van der Waals surface area contributed by atoms with Crippen LogP contribution in [0.25, 0.3) is 0 Å². The van der Waals surface area contributed by atoms with Crippen LogP contribution < -0.4 is 0 Å². The molecular weight excluding hydrogens is 216 g/mol. The Morgan fingerprint density at radius 2 is 2.06 bits per heavy atom. The number of hydrogen-bond acceptors (Lipinski definition) is 2. The molecule has 1 atom stereocenters. The van der Waals surface area contributed by atoms with E-state index in [2.05, 4.69) is 24.3 Å². The first-order chi connectivity index (χ1) is 7.79. The number of benzene rings is 1. The van der Waals surface area contributed by atoms with Gasteiger partial charge in [0.15, 0.2) is 0 Å². The molecular formula is C13H20O2Si. The largest absolute Gasteiger partial charge is 0.355 e. The molecule has 2 rings (SSSR count). The maximum atomic E-state index is 5.91. The van der Waals surface area contributed by atoms with Gasteiger partial charge in [0, 0.05) is 6.61 Å². The normalized spacial score (nSPS) is 25.8. The highest BCUT2D eigenvalue weighted by atomic mass is 28.1. The minimum atomic E-state index is -0.201. The number of rotatable bonds is 4. The zero-order chi connectivity index (χ0) is 11.3. The van der Waals surface area contributed by atoms with Gasteiger partial charge in [0.1, 0.15) is 5.41 Å². The fourth-order valence-corrected chi connectivity index (χ4v) is 2.81. The number of ether oxygens (including phenoxy) is 2. The lowest BCUT2D eigenvalue weighted by Crippen LogP contribution is -2.40. The smallest absolute Gasteiger partial charge is 0.141 e. The first-order valence-corrected chi connectivity index (χ1v) is 7.10. The fraction of sp³-hybridized carbons (Fsp3) is 0.538. The van der Waals surface area contributed by atoms with Gasteiger partial charge in [0.05, 0.1) is 16.8 Å². The summed E-state index contributed by atoms with van der Waals surface area (Å²) in [5, 5.41) is 0. The predicted octanol–water partition coefficient (Wildman–Crippen LogP) is 1.47. The molecule has 0 bridgehead atoms. The minimum absolute atomic E-state index is 0.201. The van der Waals surface area contributed by atoms with E-state index in [0.29, 0.717) is 0 Å². The van der Waals surface area contributed by atoms with Gasteiger partial charge in [-0.05, 0) is 31.2 Å². The molecule has 0 aromatic heterocycles. The summed E-state index contributed by atoms with van der Waals surface area (Å²) in [5.41, 5.74) is 1.14. The first-order valence-electron chi connectivity index (χ1n) is 6.10. The van der Waals surface area contributed by atoms with E-state index >= 15 is 0 Å². The molecule has 16 heavy (non-hydrogen) atoms. The molecule has 0 radical (unpaired) electrons. The molecule has 0 saturated carbocycles. The number of hydrogen-bond donors (Lipinski definition) is 0. The molecule has 0 N–H and O–H groups in total. The van der Waals surface area contributed by atoms with Gasteiger partial charge in [-0.25, -0.2) is 0 Å². The van der Waals surface area contributed by atoms with Gasteiger partial charge in [0.2, 0.25) is 0 Å². The summed E-state index contributed by atoms with van der Waals surface area (Å²) in [7, 11) is 0.962. The van der Waals surface area contributed by atoms with Gasteiger partial charge in [-0.15, -0.1) is 0 Å². The topological polar surface area (TPSA) is 18.5 Å². The van der Waals surface area contributed by atoms with Gasteiger partial charge >= 0.3 is 0 Å². The third kappa shape index (κ3) is 3.44. The Balaban J connectivity index is 1.75. The van der Waals surface area contributed by atoms with E-state index in [9.17, 15) is 0 Å². The van der Waals surface area contributed by atoms with Gasteiger partial charge in [-0.2, -0.15) is 0 Å². The van der Waals surface area contributed by atoms with Crippen molar-refractivity contribution >= 4 is 10.2 Å². The van der Waals surface area contributed by atoms with E-state index < -0.39 is 0 Å². The van der Waals surface area contributed by atoms with Crippen LogP contribution in [0.1, 0.15) is 24.8 Å². The quantitative estimate of drug-likeness (QED) is 0.737. The maximum Gasteiger partial charge on any atom is 0.141 e. The molecule has 0 aliphatic carbocycles. The summed E-state index contributed by atoms with van der Waals surface area (Å²) in [6, 6.07) is 10.5. The molecule has 1 aromatic rings. The van der Waals surface area contributed by atoms with E-state index in [4.69, 9.17) is 9.47 Å². The van der Waals surface area contributed by atoms with Crippen molar-refractivity contribution < 1.29 is 9.47 Å². The highest BCUT2D eigenvalue weighted by Gasteiger charge is 2.27. The average Bonchev–Trinajstić information content (AvgIpc) is 2.31. The van der Waals surface area contributed by atoms with E-state index in [-0.39, 0.29) is 5.41 Å². The van der Waals surface area contributed by atoms with Crippen LogP contribution in [0.5, 0.6) is 0 Å². The molecule has 1 aliphatic heterocycles. The Hall–Kier alpha value is -0.643. The van der Waals surface area contributed by atoms with Crippen molar-refractivity contribution in [2.45, 2.75) is 31.1 Å². The highest BCUT2D eigenvalue weighted by molar-refractivity contribution is 6.13. The minimum Gasteiger partial charge on any atom is -0.355 e. The van der Waals surface area contributed by atoms with Crippen LogP contribution in [0.2, 0.25) is 0 Å². The summed E-state index contributed by atoms with van der Waals surface area (Å²) in [4.78, 5) is 0. The summed E-state index contributed by atoms with van der Waals surface area (Å²) in [6.45, 7) is 1.64. The van der Waals surface area contributed by atoms with Crippen molar-refractivity contribution in [3.8, 4) is 0 Å². The predicted molar refractivity (Wildman–Crippen MR) is 68.6 cm³/mol. The zero-order valence-corrected chi connectivity index (χ0v) is 11.9. The van der Waals surface area contributed by atoms with Crippen LogP contribution in [0.4, 0.5) is 0 Å². The van der Waals surface area contributed by atoms with Gasteiger partial charge < -0.3 is 9.47 Å².